The fourth-order valence-electron chi connectivity index (χ4n) is 3.25. The number of morpholine rings is 1. The Balaban J connectivity index is 1.66. The normalized spacial score (nSPS) is 24.9. The number of anilines is 1. The molecule has 1 N–H and O–H groups in total. The van der Waals surface area contributed by atoms with E-state index in [4.69, 9.17) is 4.74 Å². The fraction of sp³-hybridized carbons (Fsp3) is 0.688. The zero-order valence-electron chi connectivity index (χ0n) is 14.3. The second kappa shape index (κ2) is 7.31. The Bertz CT molecular complexity index is 631. The molecule has 1 amide bonds. The minimum Gasteiger partial charge on any atom is -0.372 e. The molecule has 3 rings (SSSR count). The van der Waals surface area contributed by atoms with E-state index in [1.54, 1.807) is 17.2 Å². The number of carbonyl (C=O) groups is 1. The second-order valence-electron chi connectivity index (χ2n) is 6.50. The molecule has 0 aliphatic carbocycles. The van der Waals surface area contributed by atoms with Gasteiger partial charge in [0, 0.05) is 45.3 Å². The minimum atomic E-state index is -0.242. The summed E-state index contributed by atoms with van der Waals surface area (Å²) in [6, 6.07) is 1.57. The third-order valence-corrected chi connectivity index (χ3v) is 4.39. The summed E-state index contributed by atoms with van der Waals surface area (Å²) in [6.07, 6.45) is 1.69. The molecule has 0 saturated carbocycles. The maximum Gasteiger partial charge on any atom is 0.269 e. The molecule has 0 spiro atoms. The van der Waals surface area contributed by atoms with Gasteiger partial charge in [0.15, 0.2) is 0 Å². The highest BCUT2D eigenvalue weighted by Gasteiger charge is 2.26. The molecule has 2 atom stereocenters. The monoisotopic (exact) mass is 335 g/mol. The first-order valence-corrected chi connectivity index (χ1v) is 8.49. The molecule has 0 aromatic carbocycles. The number of piperazine rings is 1. The summed E-state index contributed by atoms with van der Waals surface area (Å²) in [5, 5.41) is 7.46. The molecule has 2 saturated heterocycles. The van der Waals surface area contributed by atoms with Crippen molar-refractivity contribution in [3.8, 4) is 0 Å². The third-order valence-electron chi connectivity index (χ3n) is 4.39. The first-order chi connectivity index (χ1) is 11.5. The molecule has 0 radical (unpaired) electrons. The van der Waals surface area contributed by atoms with E-state index in [-0.39, 0.29) is 30.2 Å². The van der Waals surface area contributed by atoms with Gasteiger partial charge in [-0.25, -0.2) is 4.68 Å². The van der Waals surface area contributed by atoms with Crippen LogP contribution in [0.25, 0.3) is 0 Å². The Hall–Kier alpha value is -1.93. The first kappa shape index (κ1) is 16.9. The number of nitrogens with zero attached hydrogens (tertiary/aromatic N) is 4. The molecule has 1 aromatic heterocycles. The van der Waals surface area contributed by atoms with E-state index in [9.17, 15) is 9.59 Å². The van der Waals surface area contributed by atoms with E-state index in [0.717, 1.165) is 31.9 Å². The highest BCUT2D eigenvalue weighted by Crippen LogP contribution is 2.12. The lowest BCUT2D eigenvalue weighted by Crippen LogP contribution is -2.49. The van der Waals surface area contributed by atoms with Crippen molar-refractivity contribution in [3.63, 3.8) is 0 Å². The average Bonchev–Trinajstić information content (AvgIpc) is 2.56. The highest BCUT2D eigenvalue weighted by molar-refractivity contribution is 5.76. The van der Waals surface area contributed by atoms with Gasteiger partial charge in [0.05, 0.1) is 24.1 Å². The van der Waals surface area contributed by atoms with Crippen molar-refractivity contribution in [2.24, 2.45) is 0 Å². The van der Waals surface area contributed by atoms with Crippen LogP contribution in [0.2, 0.25) is 0 Å². The lowest BCUT2D eigenvalue weighted by Gasteiger charge is -2.35. The minimum absolute atomic E-state index is 0.0115. The summed E-state index contributed by atoms with van der Waals surface area (Å²) in [6.45, 7) is 8.48. The summed E-state index contributed by atoms with van der Waals surface area (Å²) in [5.74, 6) is -0.0958. The smallest absolute Gasteiger partial charge is 0.269 e. The molecule has 2 aliphatic heterocycles. The Kier molecular flexibility index (Phi) is 5.15. The van der Waals surface area contributed by atoms with Gasteiger partial charge in [-0.05, 0) is 13.8 Å². The maximum absolute atomic E-state index is 12.4. The number of aromatic nitrogens is 2. The summed E-state index contributed by atoms with van der Waals surface area (Å²) >= 11 is 0. The number of ether oxygens (including phenoxy) is 1. The number of hydrogen-bond acceptors (Lipinski definition) is 6. The molecule has 132 valence electrons. The lowest BCUT2D eigenvalue weighted by molar-refractivity contribution is -0.144. The van der Waals surface area contributed by atoms with Gasteiger partial charge < -0.3 is 19.9 Å². The highest BCUT2D eigenvalue weighted by atomic mass is 16.5. The van der Waals surface area contributed by atoms with Crippen molar-refractivity contribution in [1.29, 1.82) is 0 Å². The van der Waals surface area contributed by atoms with E-state index < -0.39 is 0 Å². The first-order valence-electron chi connectivity index (χ1n) is 8.49. The Morgan fingerprint density at radius 2 is 1.96 bits per heavy atom. The zero-order chi connectivity index (χ0) is 17.1. The zero-order valence-corrected chi connectivity index (χ0v) is 14.3. The standard InChI is InChI=1S/C16H25N5O3/c1-12-9-20(10-13(2)24-12)16(23)11-21-15(22)7-14(8-18-21)19-5-3-17-4-6-19/h7-8,12-13,17H,3-6,9-11H2,1-2H3/t12-,13+. The van der Waals surface area contributed by atoms with E-state index in [2.05, 4.69) is 15.3 Å². The SMILES string of the molecule is C[C@@H]1CN(C(=O)Cn2ncc(N3CCNCC3)cc2=O)C[C@H](C)O1. The van der Waals surface area contributed by atoms with Crippen molar-refractivity contribution in [2.75, 3.05) is 44.2 Å². The van der Waals surface area contributed by atoms with Gasteiger partial charge in [0.2, 0.25) is 5.91 Å². The summed E-state index contributed by atoms with van der Waals surface area (Å²) in [7, 11) is 0. The van der Waals surface area contributed by atoms with E-state index >= 15 is 0 Å². The molecule has 24 heavy (non-hydrogen) atoms. The Morgan fingerprint density at radius 3 is 2.58 bits per heavy atom. The molecule has 1 aromatic rings. The topological polar surface area (TPSA) is 79.7 Å². The van der Waals surface area contributed by atoms with Crippen LogP contribution in [0.5, 0.6) is 0 Å². The molecule has 0 bridgehead atoms. The lowest BCUT2D eigenvalue weighted by atomic mass is 10.2. The van der Waals surface area contributed by atoms with Crippen molar-refractivity contribution >= 4 is 11.6 Å². The van der Waals surface area contributed by atoms with E-state index in [0.29, 0.717) is 13.1 Å². The maximum atomic E-state index is 12.4. The Labute approximate surface area is 141 Å². The number of rotatable bonds is 3. The number of hydrogen-bond donors (Lipinski definition) is 1. The molecule has 8 heteroatoms. The predicted molar refractivity (Wildman–Crippen MR) is 90.2 cm³/mol. The van der Waals surface area contributed by atoms with Crippen LogP contribution in [0.3, 0.4) is 0 Å². The van der Waals surface area contributed by atoms with Crippen LogP contribution >= 0.6 is 0 Å². The quantitative estimate of drug-likeness (QED) is 0.786. The van der Waals surface area contributed by atoms with Crippen molar-refractivity contribution in [3.05, 3.63) is 22.6 Å². The van der Waals surface area contributed by atoms with Crippen molar-refractivity contribution < 1.29 is 9.53 Å². The van der Waals surface area contributed by atoms with Gasteiger partial charge >= 0.3 is 0 Å². The molecular weight excluding hydrogens is 310 g/mol. The van der Waals surface area contributed by atoms with Crippen LogP contribution in [-0.2, 0) is 16.1 Å². The summed E-state index contributed by atoms with van der Waals surface area (Å²) in [4.78, 5) is 28.6. The van der Waals surface area contributed by atoms with Crippen LogP contribution in [0, 0.1) is 0 Å². The molecule has 3 heterocycles. The van der Waals surface area contributed by atoms with Crippen LogP contribution in [0.15, 0.2) is 17.1 Å². The Morgan fingerprint density at radius 1 is 1.29 bits per heavy atom. The van der Waals surface area contributed by atoms with Crippen LogP contribution in [0.1, 0.15) is 13.8 Å². The van der Waals surface area contributed by atoms with Gasteiger partial charge in [-0.2, -0.15) is 5.10 Å². The number of amides is 1. The van der Waals surface area contributed by atoms with Crippen molar-refractivity contribution in [1.82, 2.24) is 20.0 Å². The van der Waals surface area contributed by atoms with E-state index in [1.165, 1.54) is 4.68 Å². The van der Waals surface area contributed by atoms with Gasteiger partial charge in [0.25, 0.3) is 5.56 Å². The molecule has 8 nitrogen and oxygen atoms in total. The summed E-state index contributed by atoms with van der Waals surface area (Å²) in [5.41, 5.74) is 0.576. The molecule has 2 aliphatic rings. The molecule has 0 unspecified atom stereocenters. The van der Waals surface area contributed by atoms with Gasteiger partial charge in [0.1, 0.15) is 6.54 Å². The van der Waals surface area contributed by atoms with Crippen molar-refractivity contribution in [2.45, 2.75) is 32.6 Å². The summed E-state index contributed by atoms with van der Waals surface area (Å²) < 4.78 is 6.87. The van der Waals surface area contributed by atoms with Gasteiger partial charge in [-0.3, -0.25) is 9.59 Å². The van der Waals surface area contributed by atoms with E-state index in [1.807, 2.05) is 13.8 Å². The largest absolute Gasteiger partial charge is 0.372 e. The average molecular weight is 335 g/mol. The second-order valence-corrected chi connectivity index (χ2v) is 6.50. The molecular formula is C16H25N5O3. The van der Waals surface area contributed by atoms with Crippen LogP contribution in [-0.4, -0.2) is 72.1 Å². The van der Waals surface area contributed by atoms with Gasteiger partial charge in [-0.15, -0.1) is 0 Å². The predicted octanol–water partition coefficient (Wildman–Crippen LogP) is -0.711. The fourth-order valence-corrected chi connectivity index (χ4v) is 3.25. The van der Waals surface area contributed by atoms with Crippen LogP contribution in [0.4, 0.5) is 5.69 Å². The molecule has 2 fully saturated rings. The number of nitrogens with one attached hydrogen (secondary N) is 1. The number of carbonyl (C=O) groups excluding carboxylic acids is 1. The van der Waals surface area contributed by atoms with Crippen LogP contribution < -0.4 is 15.8 Å². The third kappa shape index (κ3) is 3.93. The van der Waals surface area contributed by atoms with Gasteiger partial charge in [-0.1, -0.05) is 0 Å².